The third kappa shape index (κ3) is 4.13. The lowest BCUT2D eigenvalue weighted by Crippen LogP contribution is -2.14. The topological polar surface area (TPSA) is 72.2 Å². The van der Waals surface area contributed by atoms with E-state index in [0.29, 0.717) is 21.5 Å². The number of fused-ring (bicyclic) bond motifs is 1. The predicted octanol–water partition coefficient (Wildman–Crippen LogP) is 4.31. The molecular formula is C19H13ClFN5OS. The van der Waals surface area contributed by atoms with Gasteiger partial charge in [-0.2, -0.15) is 9.61 Å². The summed E-state index contributed by atoms with van der Waals surface area (Å²) in [6.07, 6.45) is 0. The lowest BCUT2D eigenvalue weighted by atomic mass is 10.1. The van der Waals surface area contributed by atoms with E-state index in [4.69, 9.17) is 11.6 Å². The van der Waals surface area contributed by atoms with E-state index in [1.54, 1.807) is 16.6 Å². The first-order valence-corrected chi connectivity index (χ1v) is 9.61. The monoisotopic (exact) mass is 413 g/mol. The van der Waals surface area contributed by atoms with Crippen molar-refractivity contribution >= 4 is 40.6 Å². The van der Waals surface area contributed by atoms with Gasteiger partial charge >= 0.3 is 0 Å². The number of aromatic nitrogens is 4. The van der Waals surface area contributed by atoms with Crippen LogP contribution in [0.4, 0.5) is 10.1 Å². The van der Waals surface area contributed by atoms with Gasteiger partial charge in [-0.25, -0.2) is 4.39 Å². The van der Waals surface area contributed by atoms with Crippen molar-refractivity contribution in [2.45, 2.75) is 5.16 Å². The van der Waals surface area contributed by atoms with Crippen molar-refractivity contribution in [3.8, 4) is 11.3 Å². The minimum Gasteiger partial charge on any atom is -0.325 e. The third-order valence-electron chi connectivity index (χ3n) is 3.83. The zero-order chi connectivity index (χ0) is 19.5. The highest BCUT2D eigenvalue weighted by Gasteiger charge is 2.12. The van der Waals surface area contributed by atoms with Gasteiger partial charge in [0.1, 0.15) is 5.82 Å². The number of halogens is 2. The third-order valence-corrected chi connectivity index (χ3v) is 5.01. The summed E-state index contributed by atoms with van der Waals surface area (Å²) in [5, 5.41) is 16.6. The van der Waals surface area contributed by atoms with Crippen LogP contribution in [-0.2, 0) is 4.79 Å². The van der Waals surface area contributed by atoms with Gasteiger partial charge in [0.15, 0.2) is 5.65 Å². The second kappa shape index (κ2) is 7.95. The van der Waals surface area contributed by atoms with Gasteiger partial charge in [-0.05, 0) is 48.5 Å². The zero-order valence-electron chi connectivity index (χ0n) is 14.3. The Morgan fingerprint density at radius 2 is 1.79 bits per heavy atom. The molecule has 4 aromatic rings. The maximum Gasteiger partial charge on any atom is 0.234 e. The van der Waals surface area contributed by atoms with Gasteiger partial charge in [0.05, 0.1) is 11.4 Å². The van der Waals surface area contributed by atoms with Crippen molar-refractivity contribution in [3.63, 3.8) is 0 Å². The largest absolute Gasteiger partial charge is 0.325 e. The Bertz CT molecular complexity index is 1130. The van der Waals surface area contributed by atoms with Crippen LogP contribution in [0.15, 0.2) is 65.8 Å². The number of anilines is 1. The van der Waals surface area contributed by atoms with Crippen LogP contribution in [0, 0.1) is 5.82 Å². The highest BCUT2D eigenvalue weighted by atomic mass is 35.5. The van der Waals surface area contributed by atoms with Crippen LogP contribution in [0.3, 0.4) is 0 Å². The highest BCUT2D eigenvalue weighted by molar-refractivity contribution is 7.99. The number of rotatable bonds is 5. The van der Waals surface area contributed by atoms with E-state index < -0.39 is 0 Å². The van der Waals surface area contributed by atoms with Crippen LogP contribution in [0.25, 0.3) is 16.9 Å². The Morgan fingerprint density at radius 1 is 1.04 bits per heavy atom. The minimum absolute atomic E-state index is 0.116. The van der Waals surface area contributed by atoms with Crippen LogP contribution in [0.2, 0.25) is 5.02 Å². The number of nitrogens with one attached hydrogen (secondary N) is 1. The zero-order valence-corrected chi connectivity index (χ0v) is 15.9. The quantitative estimate of drug-likeness (QED) is 0.493. The van der Waals surface area contributed by atoms with Crippen LogP contribution >= 0.6 is 23.4 Å². The molecule has 6 nitrogen and oxygen atoms in total. The first kappa shape index (κ1) is 18.4. The Labute approximate surface area is 168 Å². The molecule has 0 saturated carbocycles. The summed E-state index contributed by atoms with van der Waals surface area (Å²) in [6.45, 7) is 0. The van der Waals surface area contributed by atoms with E-state index >= 15 is 0 Å². The molecule has 140 valence electrons. The van der Waals surface area contributed by atoms with E-state index in [2.05, 4.69) is 20.6 Å². The molecule has 0 radical (unpaired) electrons. The number of thioether (sulfide) groups is 1. The van der Waals surface area contributed by atoms with Crippen molar-refractivity contribution in [3.05, 3.63) is 71.5 Å². The maximum atomic E-state index is 12.9. The van der Waals surface area contributed by atoms with Gasteiger partial charge in [0, 0.05) is 16.3 Å². The molecule has 0 aliphatic carbocycles. The van der Waals surface area contributed by atoms with Crippen molar-refractivity contribution < 1.29 is 9.18 Å². The molecule has 0 spiro atoms. The molecule has 0 unspecified atom stereocenters. The molecule has 2 heterocycles. The molecule has 1 N–H and O–H groups in total. The van der Waals surface area contributed by atoms with E-state index in [9.17, 15) is 9.18 Å². The molecule has 4 rings (SSSR count). The summed E-state index contributed by atoms with van der Waals surface area (Å²) in [7, 11) is 0. The smallest absolute Gasteiger partial charge is 0.234 e. The number of benzene rings is 2. The molecule has 0 bridgehead atoms. The van der Waals surface area contributed by atoms with E-state index in [-0.39, 0.29) is 17.5 Å². The highest BCUT2D eigenvalue weighted by Crippen LogP contribution is 2.22. The average molecular weight is 414 g/mol. The summed E-state index contributed by atoms with van der Waals surface area (Å²) in [5.74, 6) is -0.475. The molecule has 2 aromatic carbocycles. The molecule has 0 saturated heterocycles. The van der Waals surface area contributed by atoms with Crippen molar-refractivity contribution in [2.24, 2.45) is 0 Å². The average Bonchev–Trinajstić information content (AvgIpc) is 3.11. The van der Waals surface area contributed by atoms with E-state index in [0.717, 1.165) is 11.3 Å². The van der Waals surface area contributed by atoms with E-state index in [1.807, 2.05) is 24.3 Å². The molecule has 0 aliphatic heterocycles. The summed E-state index contributed by atoms with van der Waals surface area (Å²) in [4.78, 5) is 12.1. The van der Waals surface area contributed by atoms with Gasteiger partial charge < -0.3 is 5.32 Å². The van der Waals surface area contributed by atoms with Crippen LogP contribution in [0.1, 0.15) is 0 Å². The predicted molar refractivity (Wildman–Crippen MR) is 107 cm³/mol. The Hall–Kier alpha value is -2.97. The summed E-state index contributed by atoms with van der Waals surface area (Å²) in [6, 6.07) is 16.6. The Balaban J connectivity index is 1.49. The number of hydrogen-bond donors (Lipinski definition) is 1. The van der Waals surface area contributed by atoms with Crippen molar-refractivity contribution in [2.75, 3.05) is 11.1 Å². The van der Waals surface area contributed by atoms with Gasteiger partial charge in [-0.3, -0.25) is 4.79 Å². The Morgan fingerprint density at radius 3 is 2.54 bits per heavy atom. The first-order chi connectivity index (χ1) is 13.6. The standard InChI is InChI=1S/C19H13ClFN5OS/c20-13-3-1-12(2-4-13)16-9-10-17-23-24-19(26(17)25-16)28-11-18(27)22-15-7-5-14(21)6-8-15/h1-10H,11H2,(H,22,27). The van der Waals surface area contributed by atoms with Gasteiger partial charge in [-0.1, -0.05) is 35.5 Å². The van der Waals surface area contributed by atoms with Crippen LogP contribution in [-0.4, -0.2) is 31.5 Å². The SMILES string of the molecule is O=C(CSc1nnc2ccc(-c3ccc(Cl)cc3)nn12)Nc1ccc(F)cc1. The number of amides is 1. The summed E-state index contributed by atoms with van der Waals surface area (Å²) < 4.78 is 14.5. The molecule has 0 fully saturated rings. The molecule has 1 amide bonds. The molecule has 28 heavy (non-hydrogen) atoms. The number of nitrogens with zero attached hydrogens (tertiary/aromatic N) is 4. The minimum atomic E-state index is -0.357. The summed E-state index contributed by atoms with van der Waals surface area (Å²) in [5.41, 5.74) is 2.76. The number of carbonyl (C=O) groups is 1. The molecule has 9 heteroatoms. The fourth-order valence-corrected chi connectivity index (χ4v) is 3.31. The summed E-state index contributed by atoms with van der Waals surface area (Å²) >= 11 is 7.15. The maximum absolute atomic E-state index is 12.9. The lowest BCUT2D eigenvalue weighted by Gasteiger charge is -2.05. The molecular weight excluding hydrogens is 401 g/mol. The fraction of sp³-hybridized carbons (Fsp3) is 0.0526. The first-order valence-electron chi connectivity index (χ1n) is 8.25. The number of hydrogen-bond acceptors (Lipinski definition) is 5. The van der Waals surface area contributed by atoms with Gasteiger partial charge in [-0.15, -0.1) is 10.2 Å². The van der Waals surface area contributed by atoms with Crippen LogP contribution < -0.4 is 5.32 Å². The molecule has 0 atom stereocenters. The van der Waals surface area contributed by atoms with Gasteiger partial charge in [0.25, 0.3) is 0 Å². The Kier molecular flexibility index (Phi) is 5.23. The molecule has 0 aliphatic rings. The van der Waals surface area contributed by atoms with E-state index in [1.165, 1.54) is 36.0 Å². The molecule has 2 aromatic heterocycles. The second-order valence-corrected chi connectivity index (χ2v) is 7.20. The van der Waals surface area contributed by atoms with Crippen LogP contribution in [0.5, 0.6) is 0 Å². The van der Waals surface area contributed by atoms with Crippen molar-refractivity contribution in [1.82, 2.24) is 19.8 Å². The van der Waals surface area contributed by atoms with Gasteiger partial charge in [0.2, 0.25) is 11.1 Å². The normalized spacial score (nSPS) is 10.9. The lowest BCUT2D eigenvalue weighted by molar-refractivity contribution is -0.113. The van der Waals surface area contributed by atoms with Crippen molar-refractivity contribution in [1.29, 1.82) is 0 Å². The number of carbonyl (C=O) groups excluding carboxylic acids is 1. The fourth-order valence-electron chi connectivity index (χ4n) is 2.49. The second-order valence-electron chi connectivity index (χ2n) is 5.82.